The van der Waals surface area contributed by atoms with Crippen LogP contribution in [0.4, 0.5) is 0 Å². The van der Waals surface area contributed by atoms with Crippen LogP contribution in [0.1, 0.15) is 30.1 Å². The van der Waals surface area contributed by atoms with E-state index in [1.54, 1.807) is 48.4 Å². The van der Waals surface area contributed by atoms with Crippen LogP contribution < -0.4 is 19.5 Å². The van der Waals surface area contributed by atoms with E-state index in [1.807, 2.05) is 19.1 Å². The highest BCUT2D eigenvalue weighted by molar-refractivity contribution is 5.94. The fraction of sp³-hybridized carbons (Fsp3) is 0.391. The average molecular weight is 412 g/mol. The zero-order valence-corrected chi connectivity index (χ0v) is 17.4. The van der Waals surface area contributed by atoms with Crippen molar-refractivity contribution in [1.82, 2.24) is 10.2 Å². The maximum absolute atomic E-state index is 12.4. The molecule has 2 amide bonds. The van der Waals surface area contributed by atoms with Crippen LogP contribution in [0.15, 0.2) is 48.5 Å². The van der Waals surface area contributed by atoms with E-state index in [0.717, 1.165) is 5.75 Å². The summed E-state index contributed by atoms with van der Waals surface area (Å²) in [4.78, 5) is 26.7. The second kappa shape index (κ2) is 10.5. The Kier molecular flexibility index (Phi) is 7.54. The predicted octanol–water partition coefficient (Wildman–Crippen LogP) is 2.89. The number of nitrogens with zero attached hydrogens (tertiary/aromatic N) is 1. The summed E-state index contributed by atoms with van der Waals surface area (Å²) in [5.74, 6) is 1.87. The minimum atomic E-state index is -0.127. The number of nitrogens with one attached hydrogen (secondary N) is 1. The van der Waals surface area contributed by atoms with E-state index in [9.17, 15) is 9.59 Å². The van der Waals surface area contributed by atoms with E-state index in [-0.39, 0.29) is 24.5 Å². The molecule has 0 spiro atoms. The third-order valence-corrected chi connectivity index (χ3v) is 5.01. The van der Waals surface area contributed by atoms with Crippen LogP contribution >= 0.6 is 0 Å². The molecule has 160 valence electrons. The average Bonchev–Trinajstić information content (AvgIpc) is 2.79. The molecule has 1 aliphatic rings. The summed E-state index contributed by atoms with van der Waals surface area (Å²) >= 11 is 0. The minimum absolute atomic E-state index is 0.00514. The smallest absolute Gasteiger partial charge is 0.260 e. The number of amides is 2. The molecule has 0 unspecified atom stereocenters. The van der Waals surface area contributed by atoms with E-state index < -0.39 is 0 Å². The first-order valence-electron chi connectivity index (χ1n) is 10.2. The first kappa shape index (κ1) is 21.5. The topological polar surface area (TPSA) is 77.1 Å². The van der Waals surface area contributed by atoms with Gasteiger partial charge in [0.15, 0.2) is 6.61 Å². The third-order valence-electron chi connectivity index (χ3n) is 5.01. The van der Waals surface area contributed by atoms with Crippen LogP contribution in [-0.4, -0.2) is 56.2 Å². The maximum atomic E-state index is 12.4. The molecule has 0 bridgehead atoms. The Hall–Kier alpha value is -3.22. The number of hydrogen-bond acceptors (Lipinski definition) is 5. The van der Waals surface area contributed by atoms with E-state index in [4.69, 9.17) is 14.2 Å². The standard InChI is InChI=1S/C23H28N2O5/c1-3-29-19-7-9-20(10-8-19)30-16-22(26)25-13-11-18(12-14-25)24-23(27)17-5-4-6-21(15-17)28-2/h4-10,15,18H,3,11-14,16H2,1-2H3,(H,24,27). The number of carbonyl (C=O) groups excluding carboxylic acids is 2. The molecule has 0 radical (unpaired) electrons. The van der Waals surface area contributed by atoms with Crippen molar-refractivity contribution >= 4 is 11.8 Å². The molecule has 2 aromatic rings. The zero-order valence-electron chi connectivity index (χ0n) is 17.4. The fourth-order valence-electron chi connectivity index (χ4n) is 3.34. The highest BCUT2D eigenvalue weighted by Crippen LogP contribution is 2.18. The largest absolute Gasteiger partial charge is 0.497 e. The van der Waals surface area contributed by atoms with Crippen molar-refractivity contribution in [2.45, 2.75) is 25.8 Å². The monoisotopic (exact) mass is 412 g/mol. The lowest BCUT2D eigenvalue weighted by molar-refractivity contribution is -0.134. The number of methoxy groups -OCH3 is 1. The SMILES string of the molecule is CCOc1ccc(OCC(=O)N2CCC(NC(=O)c3cccc(OC)c3)CC2)cc1. The Morgan fingerprint density at radius 1 is 1.00 bits per heavy atom. The zero-order chi connectivity index (χ0) is 21.3. The molecule has 1 N–H and O–H groups in total. The maximum Gasteiger partial charge on any atom is 0.260 e. The van der Waals surface area contributed by atoms with Gasteiger partial charge >= 0.3 is 0 Å². The first-order valence-corrected chi connectivity index (χ1v) is 10.2. The molecular weight excluding hydrogens is 384 g/mol. The second-order valence-corrected chi connectivity index (χ2v) is 7.05. The molecule has 0 aromatic heterocycles. The number of likely N-dealkylation sites (tertiary alicyclic amines) is 1. The van der Waals surface area contributed by atoms with Crippen molar-refractivity contribution in [2.24, 2.45) is 0 Å². The van der Waals surface area contributed by atoms with Crippen LogP contribution in [0.3, 0.4) is 0 Å². The van der Waals surface area contributed by atoms with Crippen molar-refractivity contribution in [3.05, 3.63) is 54.1 Å². The van der Waals surface area contributed by atoms with Crippen molar-refractivity contribution < 1.29 is 23.8 Å². The van der Waals surface area contributed by atoms with Crippen LogP contribution in [0, 0.1) is 0 Å². The summed E-state index contributed by atoms with van der Waals surface area (Å²) in [6.07, 6.45) is 1.43. The van der Waals surface area contributed by atoms with Gasteiger partial charge in [-0.25, -0.2) is 0 Å². The van der Waals surface area contributed by atoms with Gasteiger partial charge in [-0.05, 0) is 62.2 Å². The fourth-order valence-corrected chi connectivity index (χ4v) is 3.34. The molecular formula is C23H28N2O5. The Morgan fingerprint density at radius 2 is 1.67 bits per heavy atom. The molecule has 1 fully saturated rings. The molecule has 0 atom stereocenters. The van der Waals surface area contributed by atoms with Crippen molar-refractivity contribution in [3.8, 4) is 17.2 Å². The Balaban J connectivity index is 1.42. The normalized spacial score (nSPS) is 14.1. The molecule has 1 heterocycles. The molecule has 7 heteroatoms. The van der Waals surface area contributed by atoms with Gasteiger partial charge < -0.3 is 24.4 Å². The number of piperidine rings is 1. The summed E-state index contributed by atoms with van der Waals surface area (Å²) in [7, 11) is 1.57. The molecule has 2 aromatic carbocycles. The molecule has 1 saturated heterocycles. The molecule has 30 heavy (non-hydrogen) atoms. The Morgan fingerprint density at radius 3 is 2.30 bits per heavy atom. The number of carbonyl (C=O) groups is 2. The minimum Gasteiger partial charge on any atom is -0.497 e. The highest BCUT2D eigenvalue weighted by Gasteiger charge is 2.24. The van der Waals surface area contributed by atoms with Crippen molar-refractivity contribution in [2.75, 3.05) is 33.4 Å². The van der Waals surface area contributed by atoms with Crippen molar-refractivity contribution in [3.63, 3.8) is 0 Å². The lowest BCUT2D eigenvalue weighted by Gasteiger charge is -2.32. The van der Waals surface area contributed by atoms with Gasteiger partial charge in [-0.1, -0.05) is 6.07 Å². The van der Waals surface area contributed by atoms with Crippen LogP contribution in [0.2, 0.25) is 0 Å². The van der Waals surface area contributed by atoms with Gasteiger partial charge in [0.2, 0.25) is 0 Å². The lowest BCUT2D eigenvalue weighted by atomic mass is 10.0. The summed E-state index contributed by atoms with van der Waals surface area (Å²) in [6.45, 7) is 3.71. The summed E-state index contributed by atoms with van der Waals surface area (Å²) in [5.41, 5.74) is 0.566. The summed E-state index contributed by atoms with van der Waals surface area (Å²) < 4.78 is 16.2. The van der Waals surface area contributed by atoms with Crippen LogP contribution in [-0.2, 0) is 4.79 Å². The third kappa shape index (κ3) is 5.89. The van der Waals surface area contributed by atoms with E-state index in [1.165, 1.54) is 0 Å². The quantitative estimate of drug-likeness (QED) is 0.721. The predicted molar refractivity (Wildman–Crippen MR) is 113 cm³/mol. The van der Waals surface area contributed by atoms with Gasteiger partial charge in [0.1, 0.15) is 17.2 Å². The molecule has 0 aliphatic carbocycles. The first-order chi connectivity index (χ1) is 14.6. The lowest BCUT2D eigenvalue weighted by Crippen LogP contribution is -2.47. The number of hydrogen-bond donors (Lipinski definition) is 1. The van der Waals surface area contributed by atoms with Crippen LogP contribution in [0.25, 0.3) is 0 Å². The van der Waals surface area contributed by atoms with Gasteiger partial charge in [0.05, 0.1) is 13.7 Å². The molecule has 7 nitrogen and oxygen atoms in total. The highest BCUT2D eigenvalue weighted by atomic mass is 16.5. The van der Waals surface area contributed by atoms with E-state index >= 15 is 0 Å². The van der Waals surface area contributed by atoms with E-state index in [2.05, 4.69) is 5.32 Å². The van der Waals surface area contributed by atoms with Crippen molar-refractivity contribution in [1.29, 1.82) is 0 Å². The summed E-state index contributed by atoms with van der Waals surface area (Å²) in [6, 6.07) is 14.3. The summed E-state index contributed by atoms with van der Waals surface area (Å²) in [5, 5.41) is 3.04. The van der Waals surface area contributed by atoms with E-state index in [0.29, 0.717) is 49.6 Å². The molecule has 0 saturated carbocycles. The van der Waals surface area contributed by atoms with Gasteiger partial charge in [-0.3, -0.25) is 9.59 Å². The number of ether oxygens (including phenoxy) is 3. The van der Waals surface area contributed by atoms with Crippen LogP contribution in [0.5, 0.6) is 17.2 Å². The number of rotatable bonds is 8. The Labute approximate surface area is 176 Å². The molecule has 3 rings (SSSR count). The van der Waals surface area contributed by atoms with Gasteiger partial charge in [0, 0.05) is 24.7 Å². The molecule has 1 aliphatic heterocycles. The van der Waals surface area contributed by atoms with Gasteiger partial charge in [0.25, 0.3) is 11.8 Å². The second-order valence-electron chi connectivity index (χ2n) is 7.05. The van der Waals surface area contributed by atoms with Gasteiger partial charge in [-0.2, -0.15) is 0 Å². The Bertz CT molecular complexity index is 845. The van der Waals surface area contributed by atoms with Gasteiger partial charge in [-0.15, -0.1) is 0 Å². The number of benzene rings is 2.